The van der Waals surface area contributed by atoms with E-state index in [2.05, 4.69) is 33.8 Å². The fourth-order valence-electron chi connectivity index (χ4n) is 2.52. The van der Waals surface area contributed by atoms with Gasteiger partial charge in [0.1, 0.15) is 0 Å². The Bertz CT molecular complexity index is 368. The second-order valence-corrected chi connectivity index (χ2v) is 6.39. The number of hydrogen-bond donors (Lipinski definition) is 0. The van der Waals surface area contributed by atoms with E-state index in [9.17, 15) is 0 Å². The monoisotopic (exact) mass is 252 g/mol. The number of ether oxygens (including phenoxy) is 2. The Morgan fingerprint density at radius 3 is 2.06 bits per heavy atom. The third-order valence-electron chi connectivity index (χ3n) is 4.67. The van der Waals surface area contributed by atoms with E-state index in [0.29, 0.717) is 6.79 Å². The molecule has 0 bridgehead atoms. The van der Waals surface area contributed by atoms with Crippen LogP contribution in [0.1, 0.15) is 47.0 Å². The van der Waals surface area contributed by atoms with E-state index in [1.54, 1.807) is 0 Å². The summed E-state index contributed by atoms with van der Waals surface area (Å²) < 4.78 is 23.1. The van der Waals surface area contributed by atoms with Gasteiger partial charge >= 0.3 is 7.12 Å². The summed E-state index contributed by atoms with van der Waals surface area (Å²) in [6.45, 7) is 8.75. The van der Waals surface area contributed by atoms with Crippen molar-refractivity contribution < 1.29 is 18.8 Å². The van der Waals surface area contributed by atoms with Crippen molar-refractivity contribution in [3.8, 4) is 0 Å². The van der Waals surface area contributed by atoms with Gasteiger partial charge in [0, 0.05) is 12.8 Å². The molecule has 3 rings (SSSR count). The Balaban J connectivity index is 1.71. The minimum absolute atomic E-state index is 0.215. The minimum atomic E-state index is -0.340. The second-order valence-electron chi connectivity index (χ2n) is 6.39. The Labute approximate surface area is 109 Å². The van der Waals surface area contributed by atoms with Crippen LogP contribution in [0.5, 0.6) is 0 Å². The molecule has 5 heteroatoms. The third-order valence-corrected chi connectivity index (χ3v) is 4.67. The second kappa shape index (κ2) is 3.82. The maximum absolute atomic E-state index is 6.05. The molecule has 0 amide bonds. The summed E-state index contributed by atoms with van der Waals surface area (Å²) >= 11 is 0. The molecule has 0 radical (unpaired) electrons. The molecule has 100 valence electrons. The molecule has 2 heterocycles. The number of rotatable bonds is 1. The van der Waals surface area contributed by atoms with Gasteiger partial charge in [0.05, 0.1) is 11.2 Å². The summed E-state index contributed by atoms with van der Waals surface area (Å²) in [4.78, 5) is 0. The van der Waals surface area contributed by atoms with Crippen LogP contribution < -0.4 is 0 Å². The lowest BCUT2D eigenvalue weighted by Gasteiger charge is -2.43. The Morgan fingerprint density at radius 2 is 1.67 bits per heavy atom. The van der Waals surface area contributed by atoms with E-state index in [4.69, 9.17) is 18.8 Å². The van der Waals surface area contributed by atoms with Gasteiger partial charge in [-0.05, 0) is 39.6 Å². The molecule has 2 saturated heterocycles. The molecule has 0 atom stereocenters. The molecule has 0 unspecified atom stereocenters. The first-order valence-electron chi connectivity index (χ1n) is 6.66. The van der Waals surface area contributed by atoms with Gasteiger partial charge < -0.3 is 18.8 Å². The van der Waals surface area contributed by atoms with E-state index in [-0.39, 0.29) is 24.1 Å². The fourth-order valence-corrected chi connectivity index (χ4v) is 2.52. The highest BCUT2D eigenvalue weighted by Crippen LogP contribution is 2.43. The minimum Gasteiger partial charge on any atom is -0.400 e. The first kappa shape index (κ1) is 12.7. The molecular weight excluding hydrogens is 231 g/mol. The summed E-state index contributed by atoms with van der Waals surface area (Å²) in [7, 11) is -0.215. The summed E-state index contributed by atoms with van der Waals surface area (Å²) in [5.41, 5.74) is 0.687. The van der Waals surface area contributed by atoms with Gasteiger partial charge in [0.15, 0.2) is 12.6 Å². The van der Waals surface area contributed by atoms with Crippen molar-refractivity contribution in [3.05, 3.63) is 11.5 Å². The van der Waals surface area contributed by atoms with E-state index in [0.717, 1.165) is 19.3 Å². The van der Waals surface area contributed by atoms with Crippen molar-refractivity contribution in [2.45, 2.75) is 63.9 Å². The van der Waals surface area contributed by atoms with Crippen molar-refractivity contribution in [3.63, 3.8) is 0 Å². The molecule has 0 saturated carbocycles. The van der Waals surface area contributed by atoms with Crippen LogP contribution in [0.15, 0.2) is 11.5 Å². The van der Waals surface area contributed by atoms with Crippen LogP contribution in [0, 0.1) is 0 Å². The first-order valence-corrected chi connectivity index (χ1v) is 6.66. The largest absolute Gasteiger partial charge is 0.490 e. The van der Waals surface area contributed by atoms with Crippen LogP contribution in [0.3, 0.4) is 0 Å². The van der Waals surface area contributed by atoms with Gasteiger partial charge in [-0.15, -0.1) is 0 Å². The molecule has 1 aliphatic carbocycles. The van der Waals surface area contributed by atoms with Crippen LogP contribution in [0.4, 0.5) is 0 Å². The van der Waals surface area contributed by atoms with Crippen LogP contribution in [0.2, 0.25) is 0 Å². The quantitative estimate of drug-likeness (QED) is 0.671. The molecule has 0 aromatic heterocycles. The van der Waals surface area contributed by atoms with Gasteiger partial charge in [-0.3, -0.25) is 0 Å². The van der Waals surface area contributed by atoms with Gasteiger partial charge in [0.2, 0.25) is 0 Å². The molecule has 3 aliphatic rings. The highest BCUT2D eigenvalue weighted by atomic mass is 16.9. The average Bonchev–Trinajstić information content (AvgIpc) is 2.46. The first-order chi connectivity index (χ1) is 8.34. The maximum Gasteiger partial charge on any atom is 0.490 e. The van der Waals surface area contributed by atoms with Crippen molar-refractivity contribution in [1.29, 1.82) is 0 Å². The summed E-state index contributed by atoms with van der Waals surface area (Å²) in [5.74, 6) is -0.340. The zero-order chi connectivity index (χ0) is 13.0. The van der Waals surface area contributed by atoms with E-state index >= 15 is 0 Å². The van der Waals surface area contributed by atoms with Crippen molar-refractivity contribution >= 4 is 7.12 Å². The zero-order valence-electron chi connectivity index (χ0n) is 11.6. The molecule has 0 aromatic rings. The SMILES string of the molecule is CC1(C)OB(C2=CCC3(CC2)OCO3)OC1(C)C. The summed E-state index contributed by atoms with van der Waals surface area (Å²) in [5, 5.41) is 0. The summed E-state index contributed by atoms with van der Waals surface area (Å²) in [6.07, 6.45) is 4.76. The molecule has 4 nitrogen and oxygen atoms in total. The lowest BCUT2D eigenvalue weighted by Crippen LogP contribution is -2.48. The standard InChI is InChI=1S/C13H21BO4/c1-11(2)12(3,4)18-14(17-11)10-5-7-13(8-6-10)15-9-16-13/h5H,6-9H2,1-4H3. The molecular formula is C13H21BO4. The Morgan fingerprint density at radius 1 is 1.06 bits per heavy atom. The molecule has 0 N–H and O–H groups in total. The van der Waals surface area contributed by atoms with Crippen LogP contribution in [-0.2, 0) is 18.8 Å². The van der Waals surface area contributed by atoms with Crippen molar-refractivity contribution in [1.82, 2.24) is 0 Å². The number of hydrogen-bond acceptors (Lipinski definition) is 4. The van der Waals surface area contributed by atoms with Crippen LogP contribution in [0.25, 0.3) is 0 Å². The predicted octanol–water partition coefficient (Wildman–Crippen LogP) is 2.43. The van der Waals surface area contributed by atoms with Gasteiger partial charge in [-0.1, -0.05) is 6.08 Å². The smallest absolute Gasteiger partial charge is 0.400 e. The predicted molar refractivity (Wildman–Crippen MR) is 67.8 cm³/mol. The average molecular weight is 252 g/mol. The highest BCUT2D eigenvalue weighted by Gasteiger charge is 2.53. The topological polar surface area (TPSA) is 36.9 Å². The normalized spacial score (nSPS) is 32.2. The van der Waals surface area contributed by atoms with E-state index < -0.39 is 0 Å². The van der Waals surface area contributed by atoms with E-state index in [1.807, 2.05) is 0 Å². The Hall–Kier alpha value is -0.355. The molecule has 2 fully saturated rings. The molecule has 2 aliphatic heterocycles. The van der Waals surface area contributed by atoms with Crippen LogP contribution in [-0.4, -0.2) is 30.9 Å². The molecule has 0 aromatic carbocycles. The Kier molecular flexibility index (Phi) is 2.69. The van der Waals surface area contributed by atoms with Crippen LogP contribution >= 0.6 is 0 Å². The van der Waals surface area contributed by atoms with Gasteiger partial charge in [0.25, 0.3) is 0 Å². The lowest BCUT2D eigenvalue weighted by molar-refractivity contribution is -0.399. The third kappa shape index (κ3) is 1.85. The fraction of sp³-hybridized carbons (Fsp3) is 0.846. The zero-order valence-corrected chi connectivity index (χ0v) is 11.6. The van der Waals surface area contributed by atoms with Gasteiger partial charge in [-0.25, -0.2) is 0 Å². The molecule has 1 spiro atoms. The lowest BCUT2D eigenvalue weighted by atomic mass is 9.71. The van der Waals surface area contributed by atoms with Crippen molar-refractivity contribution in [2.24, 2.45) is 0 Å². The highest BCUT2D eigenvalue weighted by molar-refractivity contribution is 6.54. The van der Waals surface area contributed by atoms with E-state index in [1.165, 1.54) is 5.47 Å². The van der Waals surface area contributed by atoms with Crippen molar-refractivity contribution in [2.75, 3.05) is 6.79 Å². The van der Waals surface area contributed by atoms with Gasteiger partial charge in [-0.2, -0.15) is 0 Å². The summed E-state index contributed by atoms with van der Waals surface area (Å²) in [6, 6.07) is 0. The number of allylic oxidation sites excluding steroid dienone is 1. The molecule has 18 heavy (non-hydrogen) atoms. The maximum atomic E-state index is 6.05.